The van der Waals surface area contributed by atoms with Gasteiger partial charge in [0.25, 0.3) is 0 Å². The molecule has 5 heteroatoms. The van der Waals surface area contributed by atoms with E-state index in [1.54, 1.807) is 6.92 Å². The van der Waals surface area contributed by atoms with Crippen molar-refractivity contribution in [1.82, 2.24) is 5.32 Å². The van der Waals surface area contributed by atoms with E-state index in [1.807, 2.05) is 19.1 Å². The number of rotatable bonds is 4. The summed E-state index contributed by atoms with van der Waals surface area (Å²) in [6, 6.07) is 0. The number of hydrogen-bond donors (Lipinski definition) is 2. The summed E-state index contributed by atoms with van der Waals surface area (Å²) >= 11 is 0. The maximum Gasteiger partial charge on any atom is 0.339 e. The van der Waals surface area contributed by atoms with Crippen molar-refractivity contribution >= 4 is 11.9 Å². The van der Waals surface area contributed by atoms with Gasteiger partial charge in [0.2, 0.25) is 11.4 Å². The molecule has 2 aliphatic heterocycles. The van der Waals surface area contributed by atoms with Crippen LogP contribution >= 0.6 is 0 Å². The minimum Gasteiger partial charge on any atom is -0.453 e. The maximum atomic E-state index is 12.3. The normalized spacial score (nSPS) is 42.8. The molecule has 5 nitrogen and oxygen atoms in total. The van der Waals surface area contributed by atoms with Gasteiger partial charge in [-0.1, -0.05) is 25.5 Å². The Morgan fingerprint density at radius 3 is 2.86 bits per heavy atom. The number of fused-ring (bicyclic) bond motifs is 1. The van der Waals surface area contributed by atoms with Crippen molar-refractivity contribution in [1.29, 1.82) is 0 Å². The Morgan fingerprint density at radius 2 is 2.29 bits per heavy atom. The van der Waals surface area contributed by atoms with Crippen LogP contribution in [0.5, 0.6) is 0 Å². The molecule has 0 bridgehead atoms. The first kappa shape index (κ1) is 14.6. The number of esters is 1. The van der Waals surface area contributed by atoms with Gasteiger partial charge >= 0.3 is 5.97 Å². The molecular formula is C16H23NO4. The highest BCUT2D eigenvalue weighted by molar-refractivity contribution is 6.01. The van der Waals surface area contributed by atoms with Crippen LogP contribution in [0.1, 0.15) is 46.0 Å². The van der Waals surface area contributed by atoms with Gasteiger partial charge in [0.1, 0.15) is 0 Å². The van der Waals surface area contributed by atoms with E-state index in [-0.39, 0.29) is 17.7 Å². The summed E-state index contributed by atoms with van der Waals surface area (Å²) in [5.41, 5.74) is -2.20. The van der Waals surface area contributed by atoms with Crippen LogP contribution < -0.4 is 5.32 Å². The molecule has 2 heterocycles. The fourth-order valence-corrected chi connectivity index (χ4v) is 4.17. The van der Waals surface area contributed by atoms with Gasteiger partial charge in [-0.25, -0.2) is 4.79 Å². The van der Waals surface area contributed by atoms with Crippen LogP contribution in [0.2, 0.25) is 0 Å². The molecular weight excluding hydrogens is 270 g/mol. The minimum absolute atomic E-state index is 0.105. The minimum atomic E-state index is -1.27. The fourth-order valence-electron chi connectivity index (χ4n) is 4.17. The summed E-state index contributed by atoms with van der Waals surface area (Å²) < 4.78 is 5.40. The topological polar surface area (TPSA) is 75.6 Å². The summed E-state index contributed by atoms with van der Waals surface area (Å²) in [6.45, 7) is 3.78. The fraction of sp³-hybridized carbons (Fsp3) is 0.750. The third-order valence-electron chi connectivity index (χ3n) is 5.43. The zero-order valence-corrected chi connectivity index (χ0v) is 12.6. The quantitative estimate of drug-likeness (QED) is 0.605. The molecule has 0 spiro atoms. The predicted molar refractivity (Wildman–Crippen MR) is 76.3 cm³/mol. The lowest BCUT2D eigenvalue weighted by Gasteiger charge is -2.54. The van der Waals surface area contributed by atoms with E-state index in [0.29, 0.717) is 6.42 Å². The van der Waals surface area contributed by atoms with Gasteiger partial charge in [0.05, 0.1) is 12.0 Å². The highest BCUT2D eigenvalue weighted by Crippen LogP contribution is 2.53. The molecule has 0 aromatic carbocycles. The standard InChI is InChI=1S/C16H23NO4/c1-3-7-11-13(19)17-16(14(20)21-15(11,16)2)12(18)10-8-5-4-6-9-10/h5,8,10-12,18H,3-4,6-7,9H2,1-2H3,(H,17,19)/t10-,11+,12-,15+,16+/m1/s1. The number of ether oxygens (including phenoxy) is 1. The Kier molecular flexibility index (Phi) is 3.35. The molecule has 5 atom stereocenters. The number of carbonyl (C=O) groups excluding carboxylic acids is 2. The third kappa shape index (κ3) is 1.73. The van der Waals surface area contributed by atoms with Gasteiger partial charge in [0.15, 0.2) is 5.60 Å². The van der Waals surface area contributed by atoms with E-state index in [4.69, 9.17) is 4.74 Å². The smallest absolute Gasteiger partial charge is 0.339 e. The van der Waals surface area contributed by atoms with Crippen LogP contribution in [0.4, 0.5) is 0 Å². The van der Waals surface area contributed by atoms with Crippen molar-refractivity contribution in [2.24, 2.45) is 11.8 Å². The molecule has 0 unspecified atom stereocenters. The van der Waals surface area contributed by atoms with Gasteiger partial charge in [-0.15, -0.1) is 0 Å². The number of carbonyl (C=O) groups is 2. The summed E-state index contributed by atoms with van der Waals surface area (Å²) in [4.78, 5) is 24.5. The molecule has 3 aliphatic rings. The van der Waals surface area contributed by atoms with E-state index >= 15 is 0 Å². The first-order valence-electron chi connectivity index (χ1n) is 7.87. The van der Waals surface area contributed by atoms with Gasteiger partial charge in [0, 0.05) is 5.92 Å². The Bertz CT molecular complexity index is 503. The lowest BCUT2D eigenvalue weighted by molar-refractivity contribution is -0.238. The van der Waals surface area contributed by atoms with E-state index in [2.05, 4.69) is 5.32 Å². The van der Waals surface area contributed by atoms with Crippen LogP contribution in [0.15, 0.2) is 12.2 Å². The van der Waals surface area contributed by atoms with Crippen molar-refractivity contribution in [3.8, 4) is 0 Å². The highest BCUT2D eigenvalue weighted by atomic mass is 16.6. The number of nitrogens with one attached hydrogen (secondary N) is 1. The molecule has 0 saturated carbocycles. The Balaban J connectivity index is 1.94. The number of aliphatic hydroxyl groups is 1. The van der Waals surface area contributed by atoms with E-state index in [9.17, 15) is 14.7 Å². The van der Waals surface area contributed by atoms with E-state index < -0.39 is 23.2 Å². The first-order valence-corrected chi connectivity index (χ1v) is 7.87. The number of amides is 1. The van der Waals surface area contributed by atoms with Crippen molar-refractivity contribution < 1.29 is 19.4 Å². The molecule has 2 N–H and O–H groups in total. The van der Waals surface area contributed by atoms with Crippen molar-refractivity contribution in [2.75, 3.05) is 0 Å². The highest BCUT2D eigenvalue weighted by Gasteiger charge is 2.79. The molecule has 2 saturated heterocycles. The molecule has 3 rings (SSSR count). The predicted octanol–water partition coefficient (Wildman–Crippen LogP) is 1.30. The van der Waals surface area contributed by atoms with Crippen molar-refractivity contribution in [3.63, 3.8) is 0 Å². The number of hydrogen-bond acceptors (Lipinski definition) is 4. The summed E-state index contributed by atoms with van der Waals surface area (Å²) in [6.07, 6.45) is 7.40. The Hall–Kier alpha value is -1.36. The van der Waals surface area contributed by atoms with E-state index in [1.165, 1.54) is 0 Å². The van der Waals surface area contributed by atoms with Crippen LogP contribution in [-0.2, 0) is 14.3 Å². The molecule has 0 aromatic rings. The lowest BCUT2D eigenvalue weighted by atomic mass is 9.64. The second-order valence-corrected chi connectivity index (χ2v) is 6.60. The molecule has 0 radical (unpaired) electrons. The summed E-state index contributed by atoms with van der Waals surface area (Å²) in [5.74, 6) is -1.15. The van der Waals surface area contributed by atoms with Crippen LogP contribution in [0.25, 0.3) is 0 Å². The van der Waals surface area contributed by atoms with Gasteiger partial charge < -0.3 is 15.2 Å². The van der Waals surface area contributed by atoms with Crippen LogP contribution in [-0.4, -0.2) is 34.2 Å². The maximum absolute atomic E-state index is 12.3. The average Bonchev–Trinajstić information content (AvgIpc) is 2.65. The second-order valence-electron chi connectivity index (χ2n) is 6.60. The molecule has 1 amide bonds. The first-order chi connectivity index (χ1) is 9.97. The average molecular weight is 293 g/mol. The SMILES string of the molecule is CCC[C@H]1C(=O)N[C@@]2([C@H](O)[C@@H]3C=CCCC3)C(=O)O[C@@]12C. The van der Waals surface area contributed by atoms with Gasteiger partial charge in [-0.3, -0.25) is 4.79 Å². The molecule has 2 fully saturated rings. The van der Waals surface area contributed by atoms with Crippen molar-refractivity contribution in [2.45, 2.75) is 63.2 Å². The Labute approximate surface area is 124 Å². The molecule has 0 aromatic heterocycles. The monoisotopic (exact) mass is 293 g/mol. The summed E-state index contributed by atoms with van der Waals surface area (Å²) in [7, 11) is 0. The number of allylic oxidation sites excluding steroid dienone is 1. The van der Waals surface area contributed by atoms with Gasteiger partial charge in [-0.2, -0.15) is 0 Å². The second kappa shape index (κ2) is 4.83. The lowest BCUT2D eigenvalue weighted by Crippen LogP contribution is -2.80. The summed E-state index contributed by atoms with van der Waals surface area (Å²) in [5, 5.41) is 13.6. The van der Waals surface area contributed by atoms with Crippen LogP contribution in [0.3, 0.4) is 0 Å². The molecule has 21 heavy (non-hydrogen) atoms. The third-order valence-corrected chi connectivity index (χ3v) is 5.43. The largest absolute Gasteiger partial charge is 0.453 e. The molecule has 116 valence electrons. The molecule has 1 aliphatic carbocycles. The van der Waals surface area contributed by atoms with Crippen LogP contribution in [0, 0.1) is 11.8 Å². The van der Waals surface area contributed by atoms with Crippen molar-refractivity contribution in [3.05, 3.63) is 12.2 Å². The zero-order valence-electron chi connectivity index (χ0n) is 12.6. The number of aliphatic hydroxyl groups excluding tert-OH is 1. The van der Waals surface area contributed by atoms with E-state index in [0.717, 1.165) is 25.7 Å². The van der Waals surface area contributed by atoms with Gasteiger partial charge in [-0.05, 0) is 32.6 Å². The Morgan fingerprint density at radius 1 is 1.52 bits per heavy atom. The zero-order chi connectivity index (χ0) is 15.3.